The summed E-state index contributed by atoms with van der Waals surface area (Å²) in [7, 11) is 0.382. The van der Waals surface area contributed by atoms with Gasteiger partial charge in [0.25, 0.3) is 0 Å². The fourth-order valence-corrected chi connectivity index (χ4v) is 7.42. The molecule has 46 heavy (non-hydrogen) atoms. The lowest BCUT2D eigenvalue weighted by Gasteiger charge is -2.39. The van der Waals surface area contributed by atoms with Crippen LogP contribution in [-0.2, 0) is 16.4 Å². The molecule has 4 heterocycles. The second kappa shape index (κ2) is 13.8. The van der Waals surface area contributed by atoms with Crippen molar-refractivity contribution in [1.29, 1.82) is 0 Å². The summed E-state index contributed by atoms with van der Waals surface area (Å²) in [5.41, 5.74) is 4.96. The van der Waals surface area contributed by atoms with Gasteiger partial charge in [0.2, 0.25) is 16.0 Å². The van der Waals surface area contributed by atoms with Gasteiger partial charge in [-0.3, -0.25) is 9.62 Å². The Balaban J connectivity index is 1.18. The Morgan fingerprint density at radius 1 is 1.00 bits per heavy atom. The lowest BCUT2D eigenvalue weighted by Crippen LogP contribution is -2.46. The van der Waals surface area contributed by atoms with Crippen LogP contribution >= 0.6 is 15.9 Å². The number of hydrogen-bond donors (Lipinski definition) is 3. The third-order valence-electron chi connectivity index (χ3n) is 8.96. The predicted molar refractivity (Wildman–Crippen MR) is 187 cm³/mol. The van der Waals surface area contributed by atoms with Gasteiger partial charge in [-0.05, 0) is 85.5 Å². The molecule has 12 nitrogen and oxygen atoms in total. The van der Waals surface area contributed by atoms with Crippen LogP contribution in [0.1, 0.15) is 30.4 Å². The lowest BCUT2D eigenvalue weighted by atomic mass is 10.0. The summed E-state index contributed by atoms with van der Waals surface area (Å²) in [5, 5.41) is 6.58. The van der Waals surface area contributed by atoms with Gasteiger partial charge >= 0.3 is 0 Å². The van der Waals surface area contributed by atoms with Gasteiger partial charge in [0.05, 0.1) is 41.5 Å². The number of nitrogens with one attached hydrogen (secondary N) is 3. The molecule has 0 spiro atoms. The fraction of sp³-hybridized carbons (Fsp3) is 0.500. The number of ether oxygens (including phenoxy) is 2. The first-order valence-electron chi connectivity index (χ1n) is 15.8. The van der Waals surface area contributed by atoms with Gasteiger partial charge < -0.3 is 29.9 Å². The highest BCUT2D eigenvalue weighted by Crippen LogP contribution is 2.39. The minimum Gasteiger partial charge on any atom is -0.494 e. The van der Waals surface area contributed by atoms with Crippen molar-refractivity contribution in [2.75, 3.05) is 86.5 Å². The van der Waals surface area contributed by atoms with Crippen molar-refractivity contribution >= 4 is 60.5 Å². The monoisotopic (exact) mass is 714 g/mol. The minimum atomic E-state index is -3.51. The first-order chi connectivity index (χ1) is 22.1. The molecule has 0 atom stereocenters. The van der Waals surface area contributed by atoms with Crippen molar-refractivity contribution in [3.05, 3.63) is 46.1 Å². The molecule has 3 aromatic rings. The van der Waals surface area contributed by atoms with Gasteiger partial charge in [-0.15, -0.1) is 0 Å². The van der Waals surface area contributed by atoms with Crippen LogP contribution in [0.5, 0.6) is 11.5 Å². The molecule has 3 aliphatic rings. The highest BCUT2D eigenvalue weighted by atomic mass is 79.9. The number of methoxy groups -OCH3 is 1. The molecule has 248 valence electrons. The number of halogens is 1. The van der Waals surface area contributed by atoms with Crippen LogP contribution in [0.2, 0.25) is 0 Å². The van der Waals surface area contributed by atoms with Crippen LogP contribution < -0.4 is 29.7 Å². The van der Waals surface area contributed by atoms with E-state index in [1.165, 1.54) is 25.2 Å². The van der Waals surface area contributed by atoms with E-state index >= 15 is 0 Å². The lowest BCUT2D eigenvalue weighted by molar-refractivity contribution is 0.174. The van der Waals surface area contributed by atoms with Crippen LogP contribution in [0, 0.1) is 6.92 Å². The topological polar surface area (TPSA) is 124 Å². The number of hydrogen-bond acceptors (Lipinski definition) is 11. The summed E-state index contributed by atoms with van der Waals surface area (Å²) in [5.74, 6) is 2.23. The number of likely N-dealkylation sites (N-methyl/N-ethyl adjacent to an activating group) is 1. The molecule has 14 heteroatoms. The number of aryl methyl sites for hydroxylation is 1. The summed E-state index contributed by atoms with van der Waals surface area (Å²) in [6.07, 6.45) is 7.05. The van der Waals surface area contributed by atoms with E-state index in [1.807, 2.05) is 0 Å². The van der Waals surface area contributed by atoms with Gasteiger partial charge in [0, 0.05) is 62.7 Å². The number of rotatable bonds is 9. The molecule has 1 aromatic heterocycles. The molecule has 0 aliphatic carbocycles. The van der Waals surface area contributed by atoms with Crippen LogP contribution in [0.15, 0.2) is 34.9 Å². The van der Waals surface area contributed by atoms with Gasteiger partial charge in [0.15, 0.2) is 0 Å². The largest absolute Gasteiger partial charge is 0.494 e. The van der Waals surface area contributed by atoms with Crippen molar-refractivity contribution in [3.8, 4) is 11.5 Å². The number of aromatic nitrogens is 2. The number of piperidine rings is 1. The number of benzene rings is 2. The summed E-state index contributed by atoms with van der Waals surface area (Å²) in [6.45, 7) is 9.39. The zero-order valence-electron chi connectivity index (χ0n) is 26.9. The average Bonchev–Trinajstić information content (AvgIpc) is 3.36. The van der Waals surface area contributed by atoms with E-state index in [0.717, 1.165) is 62.1 Å². The Morgan fingerprint density at radius 2 is 1.80 bits per heavy atom. The quantitative estimate of drug-likeness (QED) is 0.279. The SMILES string of the molecule is COc1cc(N2CCC(N3CCCN(C)CC3)CC2)c(C)cc1Nc1ncc(Br)c(Nc2cc3c(cc2NS(C)(=O)=O)CCO3)n1. The van der Waals surface area contributed by atoms with E-state index in [9.17, 15) is 8.42 Å². The first kappa shape index (κ1) is 32.6. The molecule has 0 amide bonds. The van der Waals surface area contributed by atoms with Crippen LogP contribution in [0.25, 0.3) is 0 Å². The second-order valence-electron chi connectivity index (χ2n) is 12.4. The third kappa shape index (κ3) is 7.62. The number of sulfonamides is 1. The summed E-state index contributed by atoms with van der Waals surface area (Å²) in [4.78, 5) is 16.8. The van der Waals surface area contributed by atoms with Crippen molar-refractivity contribution in [3.63, 3.8) is 0 Å². The Kier molecular flexibility index (Phi) is 9.78. The minimum absolute atomic E-state index is 0.357. The number of anilines is 6. The second-order valence-corrected chi connectivity index (χ2v) is 15.0. The van der Waals surface area contributed by atoms with Gasteiger partial charge in [-0.1, -0.05) is 0 Å². The number of nitrogens with zero attached hydrogens (tertiary/aromatic N) is 5. The molecule has 2 fully saturated rings. The zero-order valence-corrected chi connectivity index (χ0v) is 29.3. The molecule has 0 saturated carbocycles. The van der Waals surface area contributed by atoms with Crippen molar-refractivity contribution in [2.45, 2.75) is 38.6 Å². The Bertz CT molecular complexity index is 1680. The molecule has 0 bridgehead atoms. The van der Waals surface area contributed by atoms with E-state index in [2.05, 4.69) is 77.1 Å². The van der Waals surface area contributed by atoms with Gasteiger partial charge in [-0.25, -0.2) is 13.4 Å². The van der Waals surface area contributed by atoms with E-state index in [-0.39, 0.29) is 0 Å². The van der Waals surface area contributed by atoms with Crippen LogP contribution in [0.3, 0.4) is 0 Å². The maximum atomic E-state index is 12.1. The van der Waals surface area contributed by atoms with E-state index < -0.39 is 10.0 Å². The fourth-order valence-electron chi connectivity index (χ4n) is 6.56. The van der Waals surface area contributed by atoms with Gasteiger partial charge in [-0.2, -0.15) is 4.98 Å². The Labute approximate surface area is 280 Å². The van der Waals surface area contributed by atoms with Crippen LogP contribution in [-0.4, -0.2) is 101 Å². The Morgan fingerprint density at radius 3 is 2.57 bits per heavy atom. The van der Waals surface area contributed by atoms with E-state index in [0.29, 0.717) is 58.2 Å². The smallest absolute Gasteiger partial charge is 0.229 e. The normalized spacial score (nSPS) is 18.1. The van der Waals surface area contributed by atoms with Crippen molar-refractivity contribution in [1.82, 2.24) is 19.8 Å². The average molecular weight is 716 g/mol. The molecule has 6 rings (SSSR count). The molecule has 0 unspecified atom stereocenters. The molecule has 0 radical (unpaired) electrons. The predicted octanol–water partition coefficient (Wildman–Crippen LogP) is 4.96. The highest BCUT2D eigenvalue weighted by molar-refractivity contribution is 9.10. The maximum Gasteiger partial charge on any atom is 0.229 e. The van der Waals surface area contributed by atoms with Crippen molar-refractivity contribution in [2.24, 2.45) is 0 Å². The van der Waals surface area contributed by atoms with Gasteiger partial charge in [0.1, 0.15) is 17.3 Å². The molecular formula is C32H43BrN8O4S. The number of fused-ring (bicyclic) bond motifs is 1. The standard InChI is InChI=1S/C32H43BrN8O4S/c1-21-16-27(30(44-3)19-28(21)41-11-6-23(7-12-41)40-10-5-9-39(2)13-14-40)36-32-34-20-24(33)31(37-32)35-25-18-29-22(8-15-45-29)17-26(25)38-46(4,42)43/h16-20,23,38H,5-15H2,1-4H3,(H2,34,35,36,37). The Hall–Kier alpha value is -3.33. The van der Waals surface area contributed by atoms with Crippen molar-refractivity contribution < 1.29 is 17.9 Å². The molecular weight excluding hydrogens is 672 g/mol. The molecule has 2 aromatic carbocycles. The van der Waals surface area contributed by atoms with E-state index in [4.69, 9.17) is 14.5 Å². The zero-order chi connectivity index (χ0) is 32.4. The third-order valence-corrected chi connectivity index (χ3v) is 10.1. The summed E-state index contributed by atoms with van der Waals surface area (Å²) in [6, 6.07) is 8.41. The maximum absolute atomic E-state index is 12.1. The molecule has 2 saturated heterocycles. The molecule has 3 N–H and O–H groups in total. The molecule has 3 aliphatic heterocycles. The highest BCUT2D eigenvalue weighted by Gasteiger charge is 2.27. The van der Waals surface area contributed by atoms with E-state index in [1.54, 1.807) is 25.4 Å². The first-order valence-corrected chi connectivity index (χ1v) is 18.4. The summed E-state index contributed by atoms with van der Waals surface area (Å²) < 4.78 is 39.0. The summed E-state index contributed by atoms with van der Waals surface area (Å²) >= 11 is 3.53. The van der Waals surface area contributed by atoms with Crippen LogP contribution in [0.4, 0.5) is 34.5 Å².